The summed E-state index contributed by atoms with van der Waals surface area (Å²) in [6.07, 6.45) is 4.12. The van der Waals surface area contributed by atoms with E-state index in [1.807, 2.05) is 29.2 Å². The summed E-state index contributed by atoms with van der Waals surface area (Å²) in [7, 11) is 0. The molecule has 0 spiro atoms. The Morgan fingerprint density at radius 3 is 2.31 bits per heavy atom. The molecule has 2 aliphatic carbocycles. The van der Waals surface area contributed by atoms with Crippen LogP contribution >= 0.6 is 0 Å². The molecule has 0 atom stereocenters. The van der Waals surface area contributed by atoms with Gasteiger partial charge in [0.2, 0.25) is 5.91 Å². The number of nitrogens with one attached hydrogen (secondary N) is 2. The first-order chi connectivity index (χ1) is 14.0. The number of rotatable bonds is 7. The van der Waals surface area contributed by atoms with Crippen LogP contribution in [0.2, 0.25) is 0 Å². The lowest BCUT2D eigenvalue weighted by Crippen LogP contribution is -2.32. The second-order valence-electron chi connectivity index (χ2n) is 7.87. The van der Waals surface area contributed by atoms with E-state index in [-0.39, 0.29) is 23.8 Å². The minimum absolute atomic E-state index is 0.0380. The van der Waals surface area contributed by atoms with E-state index >= 15 is 0 Å². The molecule has 6 heteroatoms. The van der Waals surface area contributed by atoms with Gasteiger partial charge in [-0.2, -0.15) is 0 Å². The third kappa shape index (κ3) is 5.02. The van der Waals surface area contributed by atoms with Gasteiger partial charge in [-0.3, -0.25) is 14.4 Å². The molecule has 0 aromatic heterocycles. The van der Waals surface area contributed by atoms with Crippen molar-refractivity contribution in [2.45, 2.75) is 51.2 Å². The average molecular weight is 391 g/mol. The minimum atomic E-state index is -0.167. The number of carbonyl (C=O) groups excluding carboxylic acids is 3. The molecule has 2 N–H and O–H groups in total. The summed E-state index contributed by atoms with van der Waals surface area (Å²) in [6.45, 7) is 1.94. The third-order valence-electron chi connectivity index (χ3n) is 5.16. The molecule has 2 saturated carbocycles. The Hall–Kier alpha value is -3.15. The highest BCUT2D eigenvalue weighted by molar-refractivity contribution is 5.97. The first-order valence-corrected chi connectivity index (χ1v) is 10.1. The highest BCUT2D eigenvalue weighted by Gasteiger charge is 2.33. The van der Waals surface area contributed by atoms with E-state index in [1.54, 1.807) is 24.3 Å². The molecule has 2 fully saturated rings. The maximum atomic E-state index is 13.1. The minimum Gasteiger partial charge on any atom is -0.349 e. The maximum absolute atomic E-state index is 13.1. The van der Waals surface area contributed by atoms with E-state index in [0.29, 0.717) is 29.4 Å². The van der Waals surface area contributed by atoms with Crippen LogP contribution < -0.4 is 10.6 Å². The zero-order valence-electron chi connectivity index (χ0n) is 16.5. The van der Waals surface area contributed by atoms with Gasteiger partial charge in [-0.1, -0.05) is 18.2 Å². The standard InChI is InChI=1S/C23H25N3O3/c1-15(27)24-20-4-2-3-18(13-20)23(29)26(21-11-12-21)14-16-5-7-17(8-6-16)22(28)25-19-9-10-19/h2-8,13,19,21H,9-12,14H2,1H3,(H,24,27)(H,25,28). The van der Waals surface area contributed by atoms with Crippen LogP contribution in [0.25, 0.3) is 0 Å². The van der Waals surface area contributed by atoms with Crippen LogP contribution in [0.1, 0.15) is 58.9 Å². The number of nitrogens with zero attached hydrogens (tertiary/aromatic N) is 1. The van der Waals surface area contributed by atoms with Gasteiger partial charge in [0.05, 0.1) is 0 Å². The fraction of sp³-hybridized carbons (Fsp3) is 0.348. The molecular weight excluding hydrogens is 366 g/mol. The van der Waals surface area contributed by atoms with Gasteiger partial charge in [-0.25, -0.2) is 0 Å². The van der Waals surface area contributed by atoms with E-state index < -0.39 is 0 Å². The van der Waals surface area contributed by atoms with Crippen LogP contribution in [0.4, 0.5) is 5.69 Å². The second kappa shape index (κ2) is 8.07. The lowest BCUT2D eigenvalue weighted by Gasteiger charge is -2.23. The fourth-order valence-corrected chi connectivity index (χ4v) is 3.31. The van der Waals surface area contributed by atoms with Crippen molar-refractivity contribution in [2.75, 3.05) is 5.32 Å². The smallest absolute Gasteiger partial charge is 0.254 e. The summed E-state index contributed by atoms with van der Waals surface area (Å²) in [6, 6.07) is 15.1. The van der Waals surface area contributed by atoms with Crippen molar-refractivity contribution in [2.24, 2.45) is 0 Å². The van der Waals surface area contributed by atoms with Gasteiger partial charge in [0.15, 0.2) is 0 Å². The monoisotopic (exact) mass is 391 g/mol. The first-order valence-electron chi connectivity index (χ1n) is 10.1. The van der Waals surface area contributed by atoms with Crippen molar-refractivity contribution in [3.05, 3.63) is 65.2 Å². The van der Waals surface area contributed by atoms with E-state index in [2.05, 4.69) is 10.6 Å². The molecule has 4 rings (SSSR count). The quantitative estimate of drug-likeness (QED) is 0.760. The number of amides is 3. The Bertz CT molecular complexity index is 931. The molecule has 0 radical (unpaired) electrons. The molecular formula is C23H25N3O3. The molecule has 2 aliphatic rings. The van der Waals surface area contributed by atoms with Gasteiger partial charge < -0.3 is 15.5 Å². The van der Waals surface area contributed by atoms with E-state index in [4.69, 9.17) is 0 Å². The molecule has 0 heterocycles. The summed E-state index contributed by atoms with van der Waals surface area (Å²) in [5.41, 5.74) is 2.81. The fourth-order valence-electron chi connectivity index (χ4n) is 3.31. The van der Waals surface area contributed by atoms with Crippen molar-refractivity contribution < 1.29 is 14.4 Å². The molecule has 0 unspecified atom stereocenters. The zero-order chi connectivity index (χ0) is 20.4. The molecule has 2 aromatic rings. The van der Waals surface area contributed by atoms with E-state index in [0.717, 1.165) is 31.2 Å². The molecule has 0 aliphatic heterocycles. The molecule has 2 aromatic carbocycles. The van der Waals surface area contributed by atoms with Crippen LogP contribution in [0.15, 0.2) is 48.5 Å². The number of carbonyl (C=O) groups is 3. The van der Waals surface area contributed by atoms with Crippen molar-refractivity contribution >= 4 is 23.4 Å². The largest absolute Gasteiger partial charge is 0.349 e. The lowest BCUT2D eigenvalue weighted by atomic mass is 10.1. The summed E-state index contributed by atoms with van der Waals surface area (Å²) in [5.74, 6) is -0.251. The van der Waals surface area contributed by atoms with Gasteiger partial charge in [0.1, 0.15) is 0 Å². The Labute approximate surface area is 170 Å². The van der Waals surface area contributed by atoms with Gasteiger partial charge in [0, 0.05) is 42.4 Å². The SMILES string of the molecule is CC(=O)Nc1cccc(C(=O)N(Cc2ccc(C(=O)NC3CC3)cc2)C2CC2)c1. The van der Waals surface area contributed by atoms with Crippen LogP contribution in [0.5, 0.6) is 0 Å². The van der Waals surface area contributed by atoms with Crippen LogP contribution in [0.3, 0.4) is 0 Å². The van der Waals surface area contributed by atoms with Gasteiger partial charge in [-0.15, -0.1) is 0 Å². The summed E-state index contributed by atoms with van der Waals surface area (Å²) < 4.78 is 0. The number of anilines is 1. The number of benzene rings is 2. The summed E-state index contributed by atoms with van der Waals surface area (Å²) in [5, 5.41) is 5.70. The normalized spacial score (nSPS) is 15.5. The Morgan fingerprint density at radius 2 is 1.69 bits per heavy atom. The predicted octanol–water partition coefficient (Wildman–Crippen LogP) is 3.34. The second-order valence-corrected chi connectivity index (χ2v) is 7.87. The van der Waals surface area contributed by atoms with Gasteiger partial charge >= 0.3 is 0 Å². The highest BCUT2D eigenvalue weighted by atomic mass is 16.2. The third-order valence-corrected chi connectivity index (χ3v) is 5.16. The van der Waals surface area contributed by atoms with Crippen LogP contribution in [0, 0.1) is 0 Å². The topological polar surface area (TPSA) is 78.5 Å². The highest BCUT2D eigenvalue weighted by Crippen LogP contribution is 2.30. The lowest BCUT2D eigenvalue weighted by molar-refractivity contribution is -0.114. The van der Waals surface area contributed by atoms with Gasteiger partial charge in [0.25, 0.3) is 11.8 Å². The molecule has 29 heavy (non-hydrogen) atoms. The first kappa shape index (κ1) is 19.2. The average Bonchev–Trinajstić information content (AvgIpc) is 3.60. The van der Waals surface area contributed by atoms with E-state index in [1.165, 1.54) is 6.92 Å². The molecule has 0 saturated heterocycles. The van der Waals surface area contributed by atoms with Crippen molar-refractivity contribution in [3.63, 3.8) is 0 Å². The molecule has 0 bridgehead atoms. The number of hydrogen-bond donors (Lipinski definition) is 2. The van der Waals surface area contributed by atoms with Crippen LogP contribution in [-0.4, -0.2) is 34.7 Å². The van der Waals surface area contributed by atoms with E-state index in [9.17, 15) is 14.4 Å². The Kier molecular flexibility index (Phi) is 5.34. The summed E-state index contributed by atoms with van der Waals surface area (Å²) >= 11 is 0. The Balaban J connectivity index is 1.46. The van der Waals surface area contributed by atoms with Crippen LogP contribution in [-0.2, 0) is 11.3 Å². The molecule has 3 amide bonds. The Morgan fingerprint density at radius 1 is 0.966 bits per heavy atom. The molecule has 150 valence electrons. The van der Waals surface area contributed by atoms with Gasteiger partial charge in [-0.05, 0) is 61.6 Å². The summed E-state index contributed by atoms with van der Waals surface area (Å²) in [4.78, 5) is 38.4. The van der Waals surface area contributed by atoms with Crippen molar-refractivity contribution in [1.29, 1.82) is 0 Å². The van der Waals surface area contributed by atoms with Crippen molar-refractivity contribution in [1.82, 2.24) is 10.2 Å². The predicted molar refractivity (Wildman–Crippen MR) is 111 cm³/mol. The maximum Gasteiger partial charge on any atom is 0.254 e. The zero-order valence-corrected chi connectivity index (χ0v) is 16.5. The van der Waals surface area contributed by atoms with Crippen molar-refractivity contribution in [3.8, 4) is 0 Å². The number of hydrogen-bond acceptors (Lipinski definition) is 3. The molecule has 6 nitrogen and oxygen atoms in total.